The molecule has 0 aliphatic rings. The molecule has 0 aliphatic carbocycles. The van der Waals surface area contributed by atoms with Gasteiger partial charge in [-0.15, -0.1) is 0 Å². The van der Waals surface area contributed by atoms with Crippen LogP contribution in [0.5, 0.6) is 0 Å². The third-order valence-electron chi connectivity index (χ3n) is 3.34. The lowest BCUT2D eigenvalue weighted by molar-refractivity contribution is -0.133. The number of rotatable bonds is 13. The second-order valence-electron chi connectivity index (χ2n) is 5.53. The van der Waals surface area contributed by atoms with E-state index < -0.39 is 0 Å². The van der Waals surface area contributed by atoms with Crippen LogP contribution in [-0.4, -0.2) is 5.97 Å². The van der Waals surface area contributed by atoms with Gasteiger partial charge in [0.15, 0.2) is 0 Å². The fourth-order valence-electron chi connectivity index (χ4n) is 2.03. The lowest BCUT2D eigenvalue weighted by Gasteiger charge is -2.01. The Labute approximate surface area is 125 Å². The van der Waals surface area contributed by atoms with E-state index in [1.165, 1.54) is 70.5 Å². The van der Waals surface area contributed by atoms with Gasteiger partial charge < -0.3 is 4.74 Å². The zero-order chi connectivity index (χ0) is 15.1. The summed E-state index contributed by atoms with van der Waals surface area (Å²) >= 11 is 0. The van der Waals surface area contributed by atoms with E-state index in [4.69, 9.17) is 4.74 Å². The number of ether oxygens (including phenoxy) is 1. The van der Waals surface area contributed by atoms with Crippen LogP contribution in [0.2, 0.25) is 0 Å². The Bertz CT molecular complexity index is 279. The second-order valence-corrected chi connectivity index (χ2v) is 5.53. The van der Waals surface area contributed by atoms with Crippen molar-refractivity contribution in [1.29, 1.82) is 0 Å². The molecule has 0 rings (SSSR count). The van der Waals surface area contributed by atoms with E-state index in [9.17, 15) is 4.79 Å². The molecule has 2 nitrogen and oxygen atoms in total. The minimum absolute atomic E-state index is 0.343. The van der Waals surface area contributed by atoms with Crippen LogP contribution in [-0.2, 0) is 9.53 Å². The summed E-state index contributed by atoms with van der Waals surface area (Å²) in [7, 11) is 0. The van der Waals surface area contributed by atoms with Gasteiger partial charge in [0.05, 0.1) is 6.26 Å². The highest BCUT2D eigenvalue weighted by atomic mass is 16.5. The molecular weight excluding hydrogens is 248 g/mol. The summed E-state index contributed by atoms with van der Waals surface area (Å²) in [4.78, 5) is 11.1. The van der Waals surface area contributed by atoms with Crippen molar-refractivity contribution in [2.75, 3.05) is 0 Å². The first-order valence-electron chi connectivity index (χ1n) is 8.20. The number of hydrogen-bond acceptors (Lipinski definition) is 2. The maximum atomic E-state index is 11.1. The zero-order valence-corrected chi connectivity index (χ0v) is 13.5. The number of carbonyl (C=O) groups excluding carboxylic acids is 1. The first-order chi connectivity index (χ1) is 9.68. The number of carbonyl (C=O) groups is 1. The standard InChI is InChI=1S/C18H32O2/c1-4-5-6-7-8-9-10-11-12-13-14-15-16-20-18(19)17(2)3/h15-16H,2,4-14H2,1,3H3/b16-15+. The molecule has 0 unspecified atom stereocenters. The van der Waals surface area contributed by atoms with E-state index in [0.717, 1.165) is 6.42 Å². The van der Waals surface area contributed by atoms with Crippen LogP contribution in [0.25, 0.3) is 0 Å². The van der Waals surface area contributed by atoms with E-state index in [1.54, 1.807) is 6.92 Å². The monoisotopic (exact) mass is 280 g/mol. The third kappa shape index (κ3) is 13.4. The molecule has 0 spiro atoms. The molecule has 0 bridgehead atoms. The Morgan fingerprint density at radius 3 is 1.95 bits per heavy atom. The highest BCUT2D eigenvalue weighted by molar-refractivity contribution is 5.87. The maximum absolute atomic E-state index is 11.1. The molecule has 0 radical (unpaired) electrons. The highest BCUT2D eigenvalue weighted by Gasteiger charge is 1.98. The Hall–Kier alpha value is -1.05. The normalized spacial score (nSPS) is 10.9. The van der Waals surface area contributed by atoms with Crippen LogP contribution in [0.3, 0.4) is 0 Å². The molecular formula is C18H32O2. The molecule has 0 fully saturated rings. The van der Waals surface area contributed by atoms with Gasteiger partial charge in [-0.25, -0.2) is 4.79 Å². The summed E-state index contributed by atoms with van der Waals surface area (Å²) < 4.78 is 4.88. The smallest absolute Gasteiger partial charge is 0.337 e. The lowest BCUT2D eigenvalue weighted by Crippen LogP contribution is -1.98. The third-order valence-corrected chi connectivity index (χ3v) is 3.34. The van der Waals surface area contributed by atoms with E-state index in [0.29, 0.717) is 5.57 Å². The Morgan fingerprint density at radius 2 is 1.45 bits per heavy atom. The fourth-order valence-corrected chi connectivity index (χ4v) is 2.03. The summed E-state index contributed by atoms with van der Waals surface area (Å²) in [6, 6.07) is 0. The molecule has 20 heavy (non-hydrogen) atoms. The summed E-state index contributed by atoms with van der Waals surface area (Å²) in [6.45, 7) is 7.44. The van der Waals surface area contributed by atoms with Crippen LogP contribution in [0.1, 0.15) is 84.5 Å². The van der Waals surface area contributed by atoms with Crippen LogP contribution >= 0.6 is 0 Å². The average Bonchev–Trinajstić information content (AvgIpc) is 2.43. The number of hydrogen-bond donors (Lipinski definition) is 0. The predicted octanol–water partition coefficient (Wildman–Crippen LogP) is 5.93. The van der Waals surface area contributed by atoms with E-state index >= 15 is 0 Å². The van der Waals surface area contributed by atoms with Crippen molar-refractivity contribution in [2.45, 2.75) is 84.5 Å². The Morgan fingerprint density at radius 1 is 0.950 bits per heavy atom. The number of allylic oxidation sites excluding steroid dienone is 1. The molecule has 2 heteroatoms. The number of esters is 1. The van der Waals surface area contributed by atoms with Crippen molar-refractivity contribution in [3.63, 3.8) is 0 Å². The lowest BCUT2D eigenvalue weighted by atomic mass is 10.1. The predicted molar refractivity (Wildman–Crippen MR) is 86.5 cm³/mol. The van der Waals surface area contributed by atoms with Crippen LogP contribution in [0.4, 0.5) is 0 Å². The van der Waals surface area contributed by atoms with Crippen molar-refractivity contribution >= 4 is 5.97 Å². The van der Waals surface area contributed by atoms with Gasteiger partial charge in [-0.3, -0.25) is 0 Å². The van der Waals surface area contributed by atoms with Crippen molar-refractivity contribution in [2.24, 2.45) is 0 Å². The van der Waals surface area contributed by atoms with Gasteiger partial charge in [0.25, 0.3) is 0 Å². The van der Waals surface area contributed by atoms with E-state index in [-0.39, 0.29) is 5.97 Å². The maximum Gasteiger partial charge on any atom is 0.337 e. The van der Waals surface area contributed by atoms with Crippen molar-refractivity contribution < 1.29 is 9.53 Å². The van der Waals surface area contributed by atoms with Gasteiger partial charge >= 0.3 is 5.97 Å². The Kier molecular flexibility index (Phi) is 13.6. The molecule has 0 aliphatic heterocycles. The van der Waals surface area contributed by atoms with Gasteiger partial charge in [-0.1, -0.05) is 71.3 Å². The van der Waals surface area contributed by atoms with Crippen molar-refractivity contribution in [3.05, 3.63) is 24.5 Å². The minimum atomic E-state index is -0.343. The summed E-state index contributed by atoms with van der Waals surface area (Å²) in [5.41, 5.74) is 0.439. The SMILES string of the molecule is C=C(C)C(=O)O/C=C/CCCCCCCCCCCC. The molecule has 116 valence electrons. The molecule has 0 saturated carbocycles. The van der Waals surface area contributed by atoms with Crippen LogP contribution in [0, 0.1) is 0 Å². The van der Waals surface area contributed by atoms with Crippen LogP contribution < -0.4 is 0 Å². The molecule has 0 N–H and O–H groups in total. The fraction of sp³-hybridized carbons (Fsp3) is 0.722. The molecule has 0 atom stereocenters. The topological polar surface area (TPSA) is 26.3 Å². The summed E-state index contributed by atoms with van der Waals surface area (Å²) in [5.74, 6) is -0.343. The first kappa shape index (κ1) is 18.9. The van der Waals surface area contributed by atoms with Crippen molar-refractivity contribution in [1.82, 2.24) is 0 Å². The highest BCUT2D eigenvalue weighted by Crippen LogP contribution is 2.11. The van der Waals surface area contributed by atoms with Gasteiger partial charge in [0.1, 0.15) is 0 Å². The van der Waals surface area contributed by atoms with Crippen LogP contribution in [0.15, 0.2) is 24.5 Å². The van der Waals surface area contributed by atoms with Gasteiger partial charge in [0, 0.05) is 5.57 Å². The van der Waals surface area contributed by atoms with E-state index in [1.807, 2.05) is 6.08 Å². The Balaban J connectivity index is 3.18. The zero-order valence-electron chi connectivity index (χ0n) is 13.5. The molecule has 0 heterocycles. The number of unbranched alkanes of at least 4 members (excludes halogenated alkanes) is 10. The quantitative estimate of drug-likeness (QED) is 0.181. The van der Waals surface area contributed by atoms with Gasteiger partial charge in [-0.2, -0.15) is 0 Å². The molecule has 0 aromatic carbocycles. The minimum Gasteiger partial charge on any atom is -0.431 e. The summed E-state index contributed by atoms with van der Waals surface area (Å²) in [6.07, 6.45) is 17.9. The second kappa shape index (κ2) is 14.4. The molecule has 0 saturated heterocycles. The largest absolute Gasteiger partial charge is 0.431 e. The molecule has 0 aromatic rings. The molecule has 0 amide bonds. The van der Waals surface area contributed by atoms with Gasteiger partial charge in [-0.05, 0) is 25.8 Å². The van der Waals surface area contributed by atoms with E-state index in [2.05, 4.69) is 13.5 Å². The molecule has 0 aromatic heterocycles. The average molecular weight is 280 g/mol. The van der Waals surface area contributed by atoms with Gasteiger partial charge in [0.2, 0.25) is 0 Å². The summed E-state index contributed by atoms with van der Waals surface area (Å²) in [5, 5.41) is 0. The first-order valence-corrected chi connectivity index (χ1v) is 8.20. The van der Waals surface area contributed by atoms with Crippen molar-refractivity contribution in [3.8, 4) is 0 Å².